The third-order valence-electron chi connectivity index (χ3n) is 0.712. The number of aromatic amines is 1. The first-order valence-corrected chi connectivity index (χ1v) is 3.51. The molecule has 0 aliphatic heterocycles. The van der Waals surface area contributed by atoms with Crippen LogP contribution in [0, 0.1) is 0 Å². The Morgan fingerprint density at radius 2 is 2.70 bits per heavy atom. The van der Waals surface area contributed by atoms with Crippen LogP contribution in [0.15, 0.2) is 16.7 Å². The summed E-state index contributed by atoms with van der Waals surface area (Å²) < 4.78 is 0. The summed E-state index contributed by atoms with van der Waals surface area (Å²) in [5, 5.41) is 5.29. The molecule has 10 heavy (non-hydrogen) atoms. The molecule has 0 aliphatic rings. The molecule has 0 amide bonds. The molecule has 1 N–H and O–H groups in total. The third-order valence-corrected chi connectivity index (χ3v) is 1.40. The van der Waals surface area contributed by atoms with Gasteiger partial charge in [-0.15, -0.1) is 11.3 Å². The summed E-state index contributed by atoms with van der Waals surface area (Å²) in [6, 6.07) is 0. The average Bonchev–Trinajstić information content (AvgIpc) is 2.34. The molecule has 0 fully saturated rings. The molecular weight excluding hydrogens is 152 g/mol. The zero-order chi connectivity index (χ0) is 7.40. The van der Waals surface area contributed by atoms with Crippen LogP contribution in [-0.4, -0.2) is 11.0 Å². The van der Waals surface area contributed by atoms with Crippen molar-refractivity contribution in [1.29, 1.82) is 0 Å². The Kier molecular flexibility index (Phi) is 2.22. The second-order valence-electron chi connectivity index (χ2n) is 1.54. The number of nitrogens with one attached hydrogen (secondary N) is 1. The number of rotatable bonds is 1. The van der Waals surface area contributed by atoms with Crippen LogP contribution < -0.4 is 4.80 Å². The van der Waals surface area contributed by atoms with Gasteiger partial charge < -0.3 is 9.82 Å². The van der Waals surface area contributed by atoms with E-state index in [1.54, 1.807) is 6.20 Å². The number of nitrogens with zero attached hydrogens (tertiary/aromatic N) is 1. The number of hydrogen-bond donors (Lipinski definition) is 1. The predicted molar refractivity (Wildman–Crippen MR) is 36.0 cm³/mol. The highest BCUT2D eigenvalue weighted by Gasteiger charge is 1.87. The quantitative estimate of drug-likeness (QED) is 0.476. The van der Waals surface area contributed by atoms with Gasteiger partial charge in [0.05, 0.1) is 0 Å². The summed E-state index contributed by atoms with van der Waals surface area (Å²) in [6.07, 6.45) is 1.72. The summed E-state index contributed by atoms with van der Waals surface area (Å²) in [7, 11) is 0. The minimum absolute atomic E-state index is 0.415. The number of hydrogen-bond acceptors (Lipinski definition) is 4. The molecule has 5 heteroatoms. The highest BCUT2D eigenvalue weighted by atomic mass is 32.1. The van der Waals surface area contributed by atoms with Gasteiger partial charge in [0.25, 0.3) is 0 Å². The lowest BCUT2D eigenvalue weighted by Crippen LogP contribution is -2.01. The van der Waals surface area contributed by atoms with Crippen molar-refractivity contribution in [2.24, 2.45) is 5.16 Å². The number of carbonyl (C=O) groups excluding carboxylic acids is 1. The van der Waals surface area contributed by atoms with Crippen molar-refractivity contribution in [2.45, 2.75) is 6.92 Å². The molecular formula is C5H6N2O2S. The van der Waals surface area contributed by atoms with Crippen molar-refractivity contribution in [1.82, 2.24) is 4.98 Å². The fourth-order valence-corrected chi connectivity index (χ4v) is 0.873. The maximum absolute atomic E-state index is 10.2. The maximum Gasteiger partial charge on any atom is 0.332 e. The lowest BCUT2D eigenvalue weighted by Gasteiger charge is -1.83. The van der Waals surface area contributed by atoms with Crippen LogP contribution in [0.25, 0.3) is 0 Å². The van der Waals surface area contributed by atoms with Crippen molar-refractivity contribution in [3.8, 4) is 0 Å². The van der Waals surface area contributed by atoms with E-state index in [0.29, 0.717) is 4.80 Å². The lowest BCUT2D eigenvalue weighted by molar-refractivity contribution is -0.141. The fraction of sp³-hybridized carbons (Fsp3) is 0.200. The van der Waals surface area contributed by atoms with Gasteiger partial charge in [0.15, 0.2) is 0 Å². The Morgan fingerprint density at radius 3 is 3.20 bits per heavy atom. The van der Waals surface area contributed by atoms with Crippen LogP contribution >= 0.6 is 11.3 Å². The van der Waals surface area contributed by atoms with E-state index < -0.39 is 5.97 Å². The Hall–Kier alpha value is -1.10. The van der Waals surface area contributed by atoms with Gasteiger partial charge in [0, 0.05) is 18.5 Å². The van der Waals surface area contributed by atoms with Crippen molar-refractivity contribution >= 4 is 17.3 Å². The molecule has 1 rings (SSSR count). The van der Waals surface area contributed by atoms with E-state index in [0.717, 1.165) is 0 Å². The summed E-state index contributed by atoms with van der Waals surface area (Å²) in [6.45, 7) is 1.30. The molecule has 4 nitrogen and oxygen atoms in total. The van der Waals surface area contributed by atoms with E-state index >= 15 is 0 Å². The molecule has 0 aliphatic carbocycles. The summed E-state index contributed by atoms with van der Waals surface area (Å²) >= 11 is 1.37. The first kappa shape index (κ1) is 7.01. The highest BCUT2D eigenvalue weighted by Crippen LogP contribution is 1.82. The Morgan fingerprint density at radius 1 is 1.90 bits per heavy atom. The second-order valence-corrected chi connectivity index (χ2v) is 2.44. The van der Waals surface area contributed by atoms with Gasteiger partial charge in [-0.05, 0) is 5.16 Å². The lowest BCUT2D eigenvalue weighted by atomic mass is 10.8. The molecule has 0 aromatic carbocycles. The van der Waals surface area contributed by atoms with Crippen LogP contribution in [0.2, 0.25) is 0 Å². The van der Waals surface area contributed by atoms with E-state index in [-0.39, 0.29) is 0 Å². The summed E-state index contributed by atoms with van der Waals surface area (Å²) in [5.41, 5.74) is 0. The zero-order valence-electron chi connectivity index (χ0n) is 5.33. The van der Waals surface area contributed by atoms with Gasteiger partial charge >= 0.3 is 5.97 Å². The molecule has 1 aromatic heterocycles. The molecule has 0 radical (unpaired) electrons. The van der Waals surface area contributed by atoms with E-state index in [9.17, 15) is 4.79 Å². The van der Waals surface area contributed by atoms with Gasteiger partial charge in [0.1, 0.15) is 0 Å². The van der Waals surface area contributed by atoms with Gasteiger partial charge in [-0.25, -0.2) is 4.79 Å². The highest BCUT2D eigenvalue weighted by molar-refractivity contribution is 7.07. The van der Waals surface area contributed by atoms with Crippen molar-refractivity contribution in [2.75, 3.05) is 0 Å². The standard InChI is InChI=1S/C5H6N2O2S/c1-4(8)9-7-5-6-2-3-10-5/h2-3H,1H3,(H,6,7). The van der Waals surface area contributed by atoms with Gasteiger partial charge in [-0.1, -0.05) is 0 Å². The topological polar surface area (TPSA) is 54.4 Å². The molecule has 1 aromatic rings. The van der Waals surface area contributed by atoms with Crippen LogP contribution in [0.1, 0.15) is 6.92 Å². The Bertz CT molecular complexity index is 258. The first-order valence-electron chi connectivity index (χ1n) is 2.63. The van der Waals surface area contributed by atoms with Crippen molar-refractivity contribution < 1.29 is 9.63 Å². The largest absolute Gasteiger partial charge is 0.335 e. The molecule has 0 bridgehead atoms. The zero-order valence-corrected chi connectivity index (χ0v) is 6.14. The van der Waals surface area contributed by atoms with Crippen molar-refractivity contribution in [3.63, 3.8) is 0 Å². The van der Waals surface area contributed by atoms with Crippen molar-refractivity contribution in [3.05, 3.63) is 16.4 Å². The molecule has 0 atom stereocenters. The minimum atomic E-state index is -0.415. The first-order chi connectivity index (χ1) is 4.79. The minimum Gasteiger partial charge on any atom is -0.335 e. The summed E-state index contributed by atoms with van der Waals surface area (Å²) in [5.74, 6) is -0.415. The molecule has 0 unspecified atom stereocenters. The second kappa shape index (κ2) is 3.17. The van der Waals surface area contributed by atoms with Crippen LogP contribution in [0.5, 0.6) is 0 Å². The van der Waals surface area contributed by atoms with E-state index in [2.05, 4.69) is 15.0 Å². The van der Waals surface area contributed by atoms with Crippen LogP contribution in [0.3, 0.4) is 0 Å². The SMILES string of the molecule is CC(=O)ON=c1[nH]ccs1. The van der Waals surface area contributed by atoms with Crippen LogP contribution in [0.4, 0.5) is 0 Å². The monoisotopic (exact) mass is 158 g/mol. The molecule has 0 spiro atoms. The van der Waals surface area contributed by atoms with Crippen LogP contribution in [-0.2, 0) is 9.63 Å². The summed E-state index contributed by atoms with van der Waals surface area (Å²) in [4.78, 5) is 17.9. The smallest absolute Gasteiger partial charge is 0.332 e. The molecule has 1 heterocycles. The molecule has 54 valence electrons. The number of carbonyl (C=O) groups is 1. The van der Waals surface area contributed by atoms with E-state index in [4.69, 9.17) is 0 Å². The maximum atomic E-state index is 10.2. The van der Waals surface area contributed by atoms with Gasteiger partial charge in [-0.3, -0.25) is 0 Å². The Labute approximate surface area is 61.1 Å². The van der Waals surface area contributed by atoms with Gasteiger partial charge in [0.2, 0.25) is 4.80 Å². The predicted octanol–water partition coefficient (Wildman–Crippen LogP) is 0.455. The molecule has 0 saturated heterocycles. The number of thiazole rings is 1. The van der Waals surface area contributed by atoms with E-state index in [1.807, 2.05) is 5.38 Å². The number of aromatic nitrogens is 1. The average molecular weight is 158 g/mol. The fourth-order valence-electron chi connectivity index (χ4n) is 0.391. The normalized spacial score (nSPS) is 11.5. The van der Waals surface area contributed by atoms with E-state index in [1.165, 1.54) is 18.3 Å². The molecule has 0 saturated carbocycles. The third kappa shape index (κ3) is 2.02. The number of H-pyrrole nitrogens is 1. The van der Waals surface area contributed by atoms with Gasteiger partial charge in [-0.2, -0.15) is 0 Å². The Balaban J connectivity index is 2.67.